The highest BCUT2D eigenvalue weighted by molar-refractivity contribution is 7.18. The highest BCUT2D eigenvalue weighted by Crippen LogP contribution is 2.31. The first-order chi connectivity index (χ1) is 15.0. The Morgan fingerprint density at radius 2 is 1.87 bits per heavy atom. The Labute approximate surface area is 186 Å². The number of carbonyl (C=O) groups excluding carboxylic acids is 3. The van der Waals surface area contributed by atoms with E-state index in [1.165, 1.54) is 23.0 Å². The minimum absolute atomic E-state index is 0.0125. The zero-order chi connectivity index (χ0) is 21.8. The number of hydrogen-bond acceptors (Lipinski definition) is 8. The summed E-state index contributed by atoms with van der Waals surface area (Å²) in [6.45, 7) is 1.92. The van der Waals surface area contributed by atoms with Gasteiger partial charge in [0.15, 0.2) is 10.9 Å². The Kier molecular flexibility index (Phi) is 6.33. The smallest absolute Gasteiger partial charge is 0.307 e. The summed E-state index contributed by atoms with van der Waals surface area (Å²) in [5.74, 6) is -0.300. The van der Waals surface area contributed by atoms with Gasteiger partial charge >= 0.3 is 6.03 Å². The van der Waals surface area contributed by atoms with Crippen LogP contribution in [0.2, 0.25) is 0 Å². The normalized spacial score (nSPS) is 13.7. The van der Waals surface area contributed by atoms with Crippen molar-refractivity contribution >= 4 is 56.3 Å². The lowest BCUT2D eigenvalue weighted by atomic mass is 9.94. The number of hydrogen-bond donors (Lipinski definition) is 3. The Morgan fingerprint density at radius 3 is 2.61 bits per heavy atom. The summed E-state index contributed by atoms with van der Waals surface area (Å²) in [6, 6.07) is 4.87. The van der Waals surface area contributed by atoms with Gasteiger partial charge in [0.2, 0.25) is 5.13 Å². The number of Topliss-reactive ketones (excluding diaryl/α,β-unsaturated/α-hetero) is 1. The highest BCUT2D eigenvalue weighted by Gasteiger charge is 2.26. The van der Waals surface area contributed by atoms with Gasteiger partial charge in [0.25, 0.3) is 5.91 Å². The van der Waals surface area contributed by atoms with E-state index in [0.29, 0.717) is 21.3 Å². The van der Waals surface area contributed by atoms with Crippen molar-refractivity contribution in [2.75, 3.05) is 16.0 Å². The minimum atomic E-state index is -0.533. The summed E-state index contributed by atoms with van der Waals surface area (Å²) < 4.78 is 0. The van der Waals surface area contributed by atoms with E-state index in [1.54, 1.807) is 6.07 Å². The van der Waals surface area contributed by atoms with Crippen LogP contribution in [0.5, 0.6) is 0 Å². The average Bonchev–Trinajstić information content (AvgIpc) is 3.51. The van der Waals surface area contributed by atoms with Gasteiger partial charge in [0.05, 0.1) is 11.9 Å². The monoisotopic (exact) mass is 456 g/mol. The van der Waals surface area contributed by atoms with Gasteiger partial charge in [-0.15, -0.1) is 10.2 Å². The van der Waals surface area contributed by atoms with Gasteiger partial charge in [0, 0.05) is 11.5 Å². The van der Waals surface area contributed by atoms with E-state index < -0.39 is 6.03 Å². The van der Waals surface area contributed by atoms with Crippen molar-refractivity contribution in [1.29, 1.82) is 0 Å². The molecule has 1 fully saturated rings. The molecule has 3 amide bonds. The first kappa shape index (κ1) is 21.1. The molecule has 1 aliphatic rings. The number of rotatable bonds is 6. The molecule has 0 spiro atoms. The summed E-state index contributed by atoms with van der Waals surface area (Å²) in [5.41, 5.74) is 3.46. The maximum absolute atomic E-state index is 12.9. The second-order valence-electron chi connectivity index (χ2n) is 7.20. The molecule has 0 radical (unpaired) electrons. The van der Waals surface area contributed by atoms with Crippen LogP contribution in [0.1, 0.15) is 51.3 Å². The quantitative estimate of drug-likeness (QED) is 0.466. The molecule has 11 heteroatoms. The number of urea groups is 1. The molecular formula is C20H20N6O3S2. The van der Waals surface area contributed by atoms with Crippen LogP contribution >= 0.6 is 22.7 Å². The lowest BCUT2D eigenvalue weighted by molar-refractivity contribution is 0.0923. The van der Waals surface area contributed by atoms with Crippen molar-refractivity contribution in [2.45, 2.75) is 32.6 Å². The number of amides is 3. The third-order valence-corrected chi connectivity index (χ3v) is 6.46. The Morgan fingerprint density at radius 1 is 1.06 bits per heavy atom. The number of nitrogens with zero attached hydrogens (tertiary/aromatic N) is 3. The van der Waals surface area contributed by atoms with Gasteiger partial charge in [-0.25, -0.2) is 9.78 Å². The molecule has 4 rings (SSSR count). The fraction of sp³-hybridized carbons (Fsp3) is 0.300. The number of aromatic nitrogens is 3. The molecule has 0 unspecified atom stereocenters. The van der Waals surface area contributed by atoms with Crippen molar-refractivity contribution < 1.29 is 14.4 Å². The van der Waals surface area contributed by atoms with Crippen molar-refractivity contribution in [1.82, 2.24) is 15.2 Å². The lowest BCUT2D eigenvalue weighted by Crippen LogP contribution is -2.22. The van der Waals surface area contributed by atoms with Crippen LogP contribution in [0.3, 0.4) is 0 Å². The molecule has 0 bridgehead atoms. The number of aryl methyl sites for hydroxylation is 1. The fourth-order valence-corrected chi connectivity index (χ4v) is 4.60. The Hall–Kier alpha value is -3.18. The number of nitrogens with one attached hydrogen (secondary N) is 3. The van der Waals surface area contributed by atoms with E-state index in [9.17, 15) is 14.4 Å². The predicted molar refractivity (Wildman–Crippen MR) is 120 cm³/mol. The van der Waals surface area contributed by atoms with Crippen molar-refractivity contribution in [3.63, 3.8) is 0 Å². The molecular weight excluding hydrogens is 436 g/mol. The molecule has 3 N–H and O–H groups in total. The second kappa shape index (κ2) is 9.31. The molecule has 2 heterocycles. The largest absolute Gasteiger partial charge is 0.325 e. The Balaban J connectivity index is 1.42. The van der Waals surface area contributed by atoms with Crippen molar-refractivity contribution in [3.05, 3.63) is 45.9 Å². The zero-order valence-corrected chi connectivity index (χ0v) is 18.3. The van der Waals surface area contributed by atoms with Gasteiger partial charge in [0.1, 0.15) is 10.4 Å². The van der Waals surface area contributed by atoms with Gasteiger partial charge in [-0.2, -0.15) is 0 Å². The van der Waals surface area contributed by atoms with Crippen LogP contribution in [0, 0.1) is 12.8 Å². The molecule has 1 aliphatic carbocycles. The molecule has 1 saturated carbocycles. The first-order valence-electron chi connectivity index (χ1n) is 9.76. The molecule has 3 aromatic rings. The number of ketones is 1. The van der Waals surface area contributed by atoms with Crippen molar-refractivity contribution in [2.24, 2.45) is 5.92 Å². The van der Waals surface area contributed by atoms with Crippen LogP contribution in [-0.2, 0) is 0 Å². The van der Waals surface area contributed by atoms with Crippen LogP contribution in [0.15, 0.2) is 29.9 Å². The molecule has 1 aromatic carbocycles. The fourth-order valence-electron chi connectivity index (χ4n) is 3.45. The lowest BCUT2D eigenvalue weighted by Gasteiger charge is -2.14. The zero-order valence-electron chi connectivity index (χ0n) is 16.7. The standard InChI is InChI=1S/C20H20N6O3S2/c1-11-6-7-14(13(8-11)16(27)12-4-2-3-5-12)23-18(29)25-19-21-9-15(31-19)17(28)24-20-26-22-10-30-20/h6-10,12H,2-5H2,1H3,(H,24,26,28)(H2,21,23,25,29). The SMILES string of the molecule is Cc1ccc(NC(=O)Nc2ncc(C(=O)Nc3nncs3)s2)c(C(=O)C2CCCC2)c1. The van der Waals surface area contributed by atoms with E-state index >= 15 is 0 Å². The molecule has 31 heavy (non-hydrogen) atoms. The molecule has 0 saturated heterocycles. The van der Waals surface area contributed by atoms with E-state index in [-0.39, 0.29) is 22.7 Å². The maximum Gasteiger partial charge on any atom is 0.325 e. The molecule has 0 atom stereocenters. The molecule has 0 aliphatic heterocycles. The van der Waals surface area contributed by atoms with Crippen LogP contribution < -0.4 is 16.0 Å². The Bertz CT molecular complexity index is 1110. The molecule has 9 nitrogen and oxygen atoms in total. The summed E-state index contributed by atoms with van der Waals surface area (Å²) >= 11 is 2.23. The number of benzene rings is 1. The highest BCUT2D eigenvalue weighted by atomic mass is 32.1. The van der Waals surface area contributed by atoms with E-state index in [0.717, 1.165) is 42.6 Å². The molecule has 160 valence electrons. The van der Waals surface area contributed by atoms with Crippen LogP contribution in [0.25, 0.3) is 0 Å². The first-order valence-corrected chi connectivity index (χ1v) is 11.5. The second-order valence-corrected chi connectivity index (χ2v) is 9.07. The average molecular weight is 457 g/mol. The number of carbonyl (C=O) groups is 3. The third-order valence-electron chi connectivity index (χ3n) is 4.95. The summed E-state index contributed by atoms with van der Waals surface area (Å²) in [6.07, 6.45) is 5.27. The maximum atomic E-state index is 12.9. The van der Waals surface area contributed by atoms with Crippen LogP contribution in [0.4, 0.5) is 20.7 Å². The van der Waals surface area contributed by atoms with E-state index in [4.69, 9.17) is 0 Å². The predicted octanol–water partition coefficient (Wildman–Crippen LogP) is 4.57. The summed E-state index contributed by atoms with van der Waals surface area (Å²) in [4.78, 5) is 42.0. The van der Waals surface area contributed by atoms with Gasteiger partial charge < -0.3 is 5.32 Å². The van der Waals surface area contributed by atoms with Crippen molar-refractivity contribution in [3.8, 4) is 0 Å². The van der Waals surface area contributed by atoms with Gasteiger partial charge in [-0.1, -0.05) is 47.1 Å². The van der Waals surface area contributed by atoms with Crippen LogP contribution in [-0.4, -0.2) is 32.9 Å². The van der Waals surface area contributed by atoms with Gasteiger partial charge in [-0.05, 0) is 31.9 Å². The topological polar surface area (TPSA) is 126 Å². The van der Waals surface area contributed by atoms with E-state index in [1.807, 2.05) is 19.1 Å². The molecule has 2 aromatic heterocycles. The number of thiazole rings is 1. The third kappa shape index (κ3) is 5.12. The number of anilines is 3. The van der Waals surface area contributed by atoms with Gasteiger partial charge in [-0.3, -0.25) is 20.2 Å². The summed E-state index contributed by atoms with van der Waals surface area (Å²) in [5, 5.41) is 16.0. The minimum Gasteiger partial charge on any atom is -0.307 e. The summed E-state index contributed by atoms with van der Waals surface area (Å²) in [7, 11) is 0. The van der Waals surface area contributed by atoms with E-state index in [2.05, 4.69) is 31.1 Å².